The third-order valence-electron chi connectivity index (χ3n) is 4.97. The van der Waals surface area contributed by atoms with E-state index in [1.165, 1.54) is 17.0 Å². The second-order valence-corrected chi connectivity index (χ2v) is 7.09. The van der Waals surface area contributed by atoms with E-state index in [0.29, 0.717) is 18.9 Å². The number of carbonyl (C=O) groups excluding carboxylic acids is 2. The molecule has 0 spiro atoms. The molecule has 9 heteroatoms. The fourth-order valence-electron chi connectivity index (χ4n) is 3.29. The quantitative estimate of drug-likeness (QED) is 0.753. The third kappa shape index (κ3) is 5.97. The Morgan fingerprint density at radius 3 is 2.39 bits per heavy atom. The number of carbonyl (C=O) groups is 2. The summed E-state index contributed by atoms with van der Waals surface area (Å²) in [7, 11) is 0. The maximum absolute atomic E-state index is 12.9. The van der Waals surface area contributed by atoms with Crippen molar-refractivity contribution >= 4 is 23.2 Å². The second-order valence-electron chi connectivity index (χ2n) is 7.09. The summed E-state index contributed by atoms with van der Waals surface area (Å²) in [5, 5.41) is 2.72. The Kier molecular flexibility index (Phi) is 7.17. The summed E-state index contributed by atoms with van der Waals surface area (Å²) in [6.07, 6.45) is -4.54. The number of nitrogens with one attached hydrogen (secondary N) is 1. The highest BCUT2D eigenvalue weighted by atomic mass is 19.4. The summed E-state index contributed by atoms with van der Waals surface area (Å²) in [5.74, 6) is -1.06. The van der Waals surface area contributed by atoms with Gasteiger partial charge in [-0.15, -0.1) is 0 Å². The predicted octanol–water partition coefficient (Wildman–Crippen LogP) is 3.64. The van der Waals surface area contributed by atoms with Crippen LogP contribution in [-0.4, -0.2) is 56.1 Å². The molecule has 0 aliphatic carbocycles. The van der Waals surface area contributed by atoms with Crippen LogP contribution in [0.5, 0.6) is 0 Å². The molecule has 0 unspecified atom stereocenters. The van der Waals surface area contributed by atoms with Gasteiger partial charge in [0.1, 0.15) is 6.54 Å². The van der Waals surface area contributed by atoms with Crippen molar-refractivity contribution in [2.75, 3.05) is 49.6 Å². The normalized spacial score (nSPS) is 14.3. The van der Waals surface area contributed by atoms with Crippen LogP contribution in [0.25, 0.3) is 0 Å². The zero-order valence-corrected chi connectivity index (χ0v) is 17.1. The van der Waals surface area contributed by atoms with Gasteiger partial charge in [-0.2, -0.15) is 13.2 Å². The van der Waals surface area contributed by atoms with E-state index in [1.54, 1.807) is 19.1 Å². The topological polar surface area (TPSA) is 61.9 Å². The number of alkyl halides is 3. The first kappa shape index (κ1) is 22.6. The van der Waals surface area contributed by atoms with Crippen molar-refractivity contribution in [1.82, 2.24) is 4.90 Å². The van der Waals surface area contributed by atoms with E-state index in [1.807, 2.05) is 12.1 Å². The van der Waals surface area contributed by atoms with Crippen LogP contribution in [-0.2, 0) is 15.7 Å². The monoisotopic (exact) mass is 435 g/mol. The van der Waals surface area contributed by atoms with Gasteiger partial charge < -0.3 is 19.9 Å². The molecule has 1 saturated heterocycles. The molecule has 3 rings (SSSR count). The molecule has 1 aliphatic heterocycles. The molecule has 166 valence electrons. The Morgan fingerprint density at radius 1 is 1.10 bits per heavy atom. The fourth-order valence-corrected chi connectivity index (χ4v) is 3.29. The van der Waals surface area contributed by atoms with E-state index in [4.69, 9.17) is 4.74 Å². The summed E-state index contributed by atoms with van der Waals surface area (Å²) < 4.78 is 44.1. The van der Waals surface area contributed by atoms with Crippen LogP contribution in [0.3, 0.4) is 0 Å². The lowest BCUT2D eigenvalue weighted by Gasteiger charge is -2.29. The average molecular weight is 435 g/mol. The third-order valence-corrected chi connectivity index (χ3v) is 4.97. The SMILES string of the molecule is CCN(CC(=O)Nc1ccc(N2CCOCC2)cc1)C(=O)c1cccc(C(F)(F)F)c1. The van der Waals surface area contributed by atoms with Gasteiger partial charge >= 0.3 is 6.18 Å². The fraction of sp³-hybridized carbons (Fsp3) is 0.364. The van der Waals surface area contributed by atoms with E-state index in [9.17, 15) is 22.8 Å². The van der Waals surface area contributed by atoms with E-state index in [-0.39, 0.29) is 18.7 Å². The number of rotatable bonds is 6. The van der Waals surface area contributed by atoms with Gasteiger partial charge in [0.25, 0.3) is 5.91 Å². The first-order valence-electron chi connectivity index (χ1n) is 9.97. The van der Waals surface area contributed by atoms with Gasteiger partial charge in [0.05, 0.1) is 18.8 Å². The number of hydrogen-bond donors (Lipinski definition) is 1. The highest BCUT2D eigenvalue weighted by molar-refractivity contribution is 5.99. The first-order valence-corrected chi connectivity index (χ1v) is 9.97. The van der Waals surface area contributed by atoms with Crippen LogP contribution in [0.4, 0.5) is 24.5 Å². The molecule has 1 fully saturated rings. The van der Waals surface area contributed by atoms with Crippen molar-refractivity contribution in [3.8, 4) is 0 Å². The number of nitrogens with zero attached hydrogens (tertiary/aromatic N) is 2. The molecule has 0 aromatic heterocycles. The maximum Gasteiger partial charge on any atom is 0.416 e. The van der Waals surface area contributed by atoms with Crippen molar-refractivity contribution in [2.24, 2.45) is 0 Å². The largest absolute Gasteiger partial charge is 0.416 e. The summed E-state index contributed by atoms with van der Waals surface area (Å²) in [6, 6.07) is 11.5. The highest BCUT2D eigenvalue weighted by Crippen LogP contribution is 2.29. The van der Waals surface area contributed by atoms with Crippen LogP contribution in [0.1, 0.15) is 22.8 Å². The van der Waals surface area contributed by atoms with Crippen molar-refractivity contribution < 1.29 is 27.5 Å². The van der Waals surface area contributed by atoms with Crippen LogP contribution in [0.2, 0.25) is 0 Å². The maximum atomic E-state index is 12.9. The number of halogens is 3. The summed E-state index contributed by atoms with van der Waals surface area (Å²) in [6.45, 7) is 4.52. The summed E-state index contributed by atoms with van der Waals surface area (Å²) in [5.41, 5.74) is 0.583. The minimum Gasteiger partial charge on any atom is -0.378 e. The molecule has 0 atom stereocenters. The molecule has 0 saturated carbocycles. The zero-order valence-electron chi connectivity index (χ0n) is 17.1. The molecule has 0 bridgehead atoms. The Bertz CT molecular complexity index is 910. The zero-order chi connectivity index (χ0) is 22.4. The van der Waals surface area contributed by atoms with Gasteiger partial charge in [0.2, 0.25) is 5.91 Å². The average Bonchev–Trinajstić information content (AvgIpc) is 2.77. The molecular formula is C22H24F3N3O3. The molecule has 6 nitrogen and oxygen atoms in total. The van der Waals surface area contributed by atoms with Gasteiger partial charge in [-0.05, 0) is 49.4 Å². The van der Waals surface area contributed by atoms with Crippen molar-refractivity contribution in [1.29, 1.82) is 0 Å². The van der Waals surface area contributed by atoms with Crippen molar-refractivity contribution in [3.63, 3.8) is 0 Å². The van der Waals surface area contributed by atoms with Gasteiger partial charge in [-0.1, -0.05) is 6.07 Å². The second kappa shape index (κ2) is 9.82. The minimum absolute atomic E-state index is 0.112. The number of hydrogen-bond acceptors (Lipinski definition) is 4. The molecular weight excluding hydrogens is 411 g/mol. The van der Waals surface area contributed by atoms with Crippen LogP contribution >= 0.6 is 0 Å². The van der Waals surface area contributed by atoms with E-state index >= 15 is 0 Å². The molecule has 2 amide bonds. The highest BCUT2D eigenvalue weighted by Gasteiger charge is 2.31. The molecule has 1 aliphatic rings. The lowest BCUT2D eigenvalue weighted by molar-refractivity contribution is -0.137. The van der Waals surface area contributed by atoms with E-state index < -0.39 is 23.6 Å². The Hall–Kier alpha value is -3.07. The van der Waals surface area contributed by atoms with Crippen LogP contribution in [0.15, 0.2) is 48.5 Å². The van der Waals surface area contributed by atoms with E-state index in [0.717, 1.165) is 30.9 Å². The number of amides is 2. The first-order chi connectivity index (χ1) is 14.8. The predicted molar refractivity (Wildman–Crippen MR) is 111 cm³/mol. The number of likely N-dealkylation sites (N-methyl/N-ethyl adjacent to an activating group) is 1. The Balaban J connectivity index is 1.61. The molecule has 31 heavy (non-hydrogen) atoms. The van der Waals surface area contributed by atoms with E-state index in [2.05, 4.69) is 10.2 Å². The lowest BCUT2D eigenvalue weighted by atomic mass is 10.1. The van der Waals surface area contributed by atoms with Crippen LogP contribution in [0, 0.1) is 0 Å². The number of ether oxygens (including phenoxy) is 1. The van der Waals surface area contributed by atoms with Gasteiger partial charge in [-0.25, -0.2) is 0 Å². The Labute approximate surface area is 178 Å². The van der Waals surface area contributed by atoms with Gasteiger partial charge in [0, 0.05) is 36.6 Å². The Morgan fingerprint density at radius 2 is 1.77 bits per heavy atom. The molecule has 0 radical (unpaired) electrons. The molecule has 1 heterocycles. The molecule has 2 aromatic carbocycles. The number of morpholine rings is 1. The smallest absolute Gasteiger partial charge is 0.378 e. The lowest BCUT2D eigenvalue weighted by Crippen LogP contribution is -2.38. The molecule has 1 N–H and O–H groups in total. The summed E-state index contributed by atoms with van der Waals surface area (Å²) >= 11 is 0. The summed E-state index contributed by atoms with van der Waals surface area (Å²) in [4.78, 5) is 28.4. The van der Waals surface area contributed by atoms with Gasteiger partial charge in [0.15, 0.2) is 0 Å². The van der Waals surface area contributed by atoms with Gasteiger partial charge in [-0.3, -0.25) is 9.59 Å². The molecule has 2 aromatic rings. The van der Waals surface area contributed by atoms with Crippen molar-refractivity contribution in [2.45, 2.75) is 13.1 Å². The standard InChI is InChI=1S/C22H24F3N3O3/c1-2-27(21(30)16-4-3-5-17(14-16)22(23,24)25)15-20(29)26-18-6-8-19(9-7-18)28-10-12-31-13-11-28/h3-9,14H,2,10-13,15H2,1H3,(H,26,29). The minimum atomic E-state index is -4.54. The van der Waals surface area contributed by atoms with Crippen LogP contribution < -0.4 is 10.2 Å². The number of anilines is 2. The van der Waals surface area contributed by atoms with Crippen molar-refractivity contribution in [3.05, 3.63) is 59.7 Å². The number of benzene rings is 2.